The number of hydrogen-bond donors (Lipinski definition) is 0. The van der Waals surface area contributed by atoms with Crippen molar-refractivity contribution in [2.45, 2.75) is 32.8 Å². The largest absolute Gasteiger partial charge is 0.519 e. The molecule has 0 N–H and O–H groups in total. The van der Waals surface area contributed by atoms with Crippen molar-refractivity contribution in [1.82, 2.24) is 0 Å². The second kappa shape index (κ2) is 3.69. The molecule has 0 aliphatic heterocycles. The lowest BCUT2D eigenvalue weighted by Gasteiger charge is -2.14. The lowest BCUT2D eigenvalue weighted by Crippen LogP contribution is -2.13. The molecule has 0 aromatic carbocycles. The van der Waals surface area contributed by atoms with Gasteiger partial charge in [-0.1, -0.05) is 20.8 Å². The van der Waals surface area contributed by atoms with Gasteiger partial charge in [-0.3, -0.25) is 4.79 Å². The number of rotatable bonds is 3. The fourth-order valence-corrected chi connectivity index (χ4v) is 1.08. The van der Waals surface area contributed by atoms with Gasteiger partial charge in [-0.15, -0.1) is 0 Å². The average molecular weight is 200 g/mol. The Kier molecular flexibility index (Phi) is 2.78. The monoisotopic (exact) mass is 200 g/mol. The molecule has 0 saturated heterocycles. The lowest BCUT2D eigenvalue weighted by molar-refractivity contribution is -0.130. The highest BCUT2D eigenvalue weighted by Crippen LogP contribution is 2.25. The summed E-state index contributed by atoms with van der Waals surface area (Å²) in [6, 6.07) is 0. The fourth-order valence-electron chi connectivity index (χ4n) is 1.08. The van der Waals surface area contributed by atoms with Crippen molar-refractivity contribution in [3.63, 3.8) is 0 Å². The van der Waals surface area contributed by atoms with E-state index in [1.165, 1.54) is 0 Å². The smallest absolute Gasteiger partial charge is 0.460 e. The zero-order chi connectivity index (χ0) is 10.8. The van der Waals surface area contributed by atoms with Gasteiger partial charge in [0, 0.05) is 5.41 Å². The van der Waals surface area contributed by atoms with E-state index in [-0.39, 0.29) is 17.8 Å². The molecule has 0 bridgehead atoms. The van der Waals surface area contributed by atoms with E-state index in [1.807, 2.05) is 20.8 Å². The van der Waals surface area contributed by atoms with E-state index in [0.717, 1.165) is 0 Å². The number of ether oxygens (including phenoxy) is 1. The van der Waals surface area contributed by atoms with E-state index in [1.54, 1.807) is 0 Å². The van der Waals surface area contributed by atoms with Crippen LogP contribution < -0.4 is 5.82 Å². The molecule has 14 heavy (non-hydrogen) atoms. The Balaban J connectivity index is 3.03. The first kappa shape index (κ1) is 10.6. The topological polar surface area (TPSA) is 69.7 Å². The Morgan fingerprint density at radius 3 is 2.50 bits per heavy atom. The minimum atomic E-state index is -0.778. The predicted octanol–water partition coefficient (Wildman–Crippen LogP) is 1.20. The fraction of sp³-hybridized carbons (Fsp3) is 0.556. The van der Waals surface area contributed by atoms with Crippen molar-refractivity contribution in [2.24, 2.45) is 0 Å². The SMILES string of the molecule is CC(C)(C)c1oc(=O)oc1COC=O. The Morgan fingerprint density at radius 1 is 1.36 bits per heavy atom. The second-order valence-corrected chi connectivity index (χ2v) is 3.86. The third-order valence-corrected chi connectivity index (χ3v) is 1.61. The van der Waals surface area contributed by atoms with Crippen molar-refractivity contribution in [2.75, 3.05) is 0 Å². The first-order chi connectivity index (χ1) is 6.45. The van der Waals surface area contributed by atoms with Crippen LogP contribution in [0.3, 0.4) is 0 Å². The lowest BCUT2D eigenvalue weighted by atomic mass is 9.92. The zero-order valence-corrected chi connectivity index (χ0v) is 8.33. The quantitative estimate of drug-likeness (QED) is 0.685. The molecule has 1 aromatic rings. The second-order valence-electron chi connectivity index (χ2n) is 3.86. The molecule has 5 heteroatoms. The van der Waals surface area contributed by atoms with Gasteiger partial charge in [-0.2, -0.15) is 0 Å². The molecule has 1 aromatic heterocycles. The van der Waals surface area contributed by atoms with Crippen molar-refractivity contribution in [3.8, 4) is 0 Å². The van der Waals surface area contributed by atoms with Crippen LogP contribution in [-0.2, 0) is 21.6 Å². The Bertz CT molecular complexity index is 365. The summed E-state index contributed by atoms with van der Waals surface area (Å²) in [5, 5.41) is 0. The molecule has 0 spiro atoms. The summed E-state index contributed by atoms with van der Waals surface area (Å²) in [7, 11) is 0. The van der Waals surface area contributed by atoms with Gasteiger partial charge in [-0.05, 0) is 0 Å². The van der Waals surface area contributed by atoms with Crippen molar-refractivity contribution < 1.29 is 18.4 Å². The van der Waals surface area contributed by atoms with Gasteiger partial charge in [0.1, 0.15) is 0 Å². The molecule has 0 amide bonds. The van der Waals surface area contributed by atoms with Crippen LogP contribution in [0.4, 0.5) is 0 Å². The van der Waals surface area contributed by atoms with Crippen LogP contribution in [0.15, 0.2) is 13.6 Å². The Morgan fingerprint density at radius 2 is 2.00 bits per heavy atom. The molecule has 0 fully saturated rings. The zero-order valence-electron chi connectivity index (χ0n) is 8.33. The molecule has 78 valence electrons. The molecule has 1 rings (SSSR count). The Hall–Kier alpha value is -1.52. The van der Waals surface area contributed by atoms with Gasteiger partial charge in [0.05, 0.1) is 0 Å². The van der Waals surface area contributed by atoms with Crippen LogP contribution in [0.2, 0.25) is 0 Å². The van der Waals surface area contributed by atoms with Crippen molar-refractivity contribution in [1.29, 1.82) is 0 Å². The highest BCUT2D eigenvalue weighted by molar-refractivity contribution is 5.37. The number of hydrogen-bond acceptors (Lipinski definition) is 5. The van der Waals surface area contributed by atoms with Gasteiger partial charge in [-0.25, -0.2) is 4.79 Å². The highest BCUT2D eigenvalue weighted by Gasteiger charge is 2.25. The summed E-state index contributed by atoms with van der Waals surface area (Å²) in [6.45, 7) is 5.81. The molecule has 0 aliphatic carbocycles. The number of carbonyl (C=O) groups excluding carboxylic acids is 1. The molecular formula is C9H12O5. The third-order valence-electron chi connectivity index (χ3n) is 1.61. The summed E-state index contributed by atoms with van der Waals surface area (Å²) in [5.41, 5.74) is -0.353. The van der Waals surface area contributed by atoms with Crippen LogP contribution in [0.5, 0.6) is 0 Å². The van der Waals surface area contributed by atoms with Gasteiger partial charge < -0.3 is 13.6 Å². The highest BCUT2D eigenvalue weighted by atomic mass is 16.6. The Labute approximate surface area is 80.7 Å². The minimum absolute atomic E-state index is 0.0815. The first-order valence-electron chi connectivity index (χ1n) is 4.13. The standard InChI is InChI=1S/C9H12O5/c1-9(2,3)7-6(4-12-5-10)13-8(11)14-7/h5H,4H2,1-3H3. The van der Waals surface area contributed by atoms with Gasteiger partial charge >= 0.3 is 5.82 Å². The van der Waals surface area contributed by atoms with E-state index in [0.29, 0.717) is 12.2 Å². The summed E-state index contributed by atoms with van der Waals surface area (Å²) < 4.78 is 14.1. The van der Waals surface area contributed by atoms with Crippen molar-refractivity contribution >= 4 is 6.47 Å². The van der Waals surface area contributed by atoms with Crippen LogP contribution >= 0.6 is 0 Å². The van der Waals surface area contributed by atoms with Gasteiger partial charge in [0.25, 0.3) is 6.47 Å². The van der Waals surface area contributed by atoms with E-state index in [4.69, 9.17) is 8.83 Å². The molecule has 0 atom stereocenters. The van der Waals surface area contributed by atoms with Gasteiger partial charge in [0.15, 0.2) is 18.1 Å². The summed E-state index contributed by atoms with van der Waals surface area (Å²) in [5.74, 6) is -0.113. The van der Waals surface area contributed by atoms with Crippen LogP contribution in [0, 0.1) is 0 Å². The van der Waals surface area contributed by atoms with E-state index < -0.39 is 5.82 Å². The maximum Gasteiger partial charge on any atom is 0.519 e. The maximum absolute atomic E-state index is 10.8. The molecule has 0 aliphatic rings. The first-order valence-corrected chi connectivity index (χ1v) is 4.13. The predicted molar refractivity (Wildman–Crippen MR) is 46.8 cm³/mol. The van der Waals surface area contributed by atoms with E-state index in [9.17, 15) is 9.59 Å². The molecule has 0 saturated carbocycles. The summed E-state index contributed by atoms with van der Waals surface area (Å²) >= 11 is 0. The molecule has 1 heterocycles. The number of carbonyl (C=O) groups is 1. The van der Waals surface area contributed by atoms with Crippen LogP contribution in [0.1, 0.15) is 32.3 Å². The van der Waals surface area contributed by atoms with Crippen LogP contribution in [0.25, 0.3) is 0 Å². The minimum Gasteiger partial charge on any atom is -0.460 e. The average Bonchev–Trinajstić information content (AvgIpc) is 2.42. The van der Waals surface area contributed by atoms with E-state index >= 15 is 0 Å². The molecule has 5 nitrogen and oxygen atoms in total. The van der Waals surface area contributed by atoms with Crippen LogP contribution in [-0.4, -0.2) is 6.47 Å². The van der Waals surface area contributed by atoms with Crippen molar-refractivity contribution in [3.05, 3.63) is 22.1 Å². The summed E-state index contributed by atoms with van der Waals surface area (Å²) in [6.07, 6.45) is 0. The normalized spacial score (nSPS) is 11.4. The van der Waals surface area contributed by atoms with Gasteiger partial charge in [0.2, 0.25) is 0 Å². The summed E-state index contributed by atoms with van der Waals surface area (Å²) in [4.78, 5) is 20.8. The molecular weight excluding hydrogens is 188 g/mol. The molecule has 0 radical (unpaired) electrons. The molecule has 0 unspecified atom stereocenters. The van der Waals surface area contributed by atoms with E-state index in [2.05, 4.69) is 4.74 Å². The third kappa shape index (κ3) is 2.25. The maximum atomic E-state index is 10.8.